The topological polar surface area (TPSA) is 46.2 Å². The first-order chi connectivity index (χ1) is 6.42. The largest absolute Gasteiger partial charge is 0.391 e. The van der Waals surface area contributed by atoms with Gasteiger partial charge in [0.2, 0.25) is 0 Å². The summed E-state index contributed by atoms with van der Waals surface area (Å²) >= 11 is 0. The van der Waals surface area contributed by atoms with Gasteiger partial charge >= 0.3 is 0 Å². The van der Waals surface area contributed by atoms with Crippen LogP contribution in [0.2, 0.25) is 0 Å². The molecule has 2 saturated carbocycles. The van der Waals surface area contributed by atoms with Gasteiger partial charge in [0.25, 0.3) is 0 Å². The quantitative estimate of drug-likeness (QED) is 0.708. The molecule has 0 spiro atoms. The number of nitrogens with two attached hydrogens (primary N) is 1. The lowest BCUT2D eigenvalue weighted by molar-refractivity contribution is -0.0302. The number of hydrogen-bond donors (Lipinski definition) is 2. The molecule has 2 heteroatoms. The van der Waals surface area contributed by atoms with E-state index in [0.29, 0.717) is 17.9 Å². The maximum Gasteiger partial charge on any atom is 0.0700 e. The lowest BCUT2D eigenvalue weighted by atomic mass is 9.62. The Kier molecular flexibility index (Phi) is 2.20. The third-order valence-electron chi connectivity index (χ3n) is 5.01. The van der Waals surface area contributed by atoms with Crippen LogP contribution in [0.15, 0.2) is 0 Å². The van der Waals surface area contributed by atoms with E-state index in [-0.39, 0.29) is 11.5 Å². The molecule has 4 atom stereocenters. The van der Waals surface area contributed by atoms with Gasteiger partial charge in [0.05, 0.1) is 6.10 Å². The molecule has 0 amide bonds. The van der Waals surface area contributed by atoms with E-state index in [2.05, 4.69) is 20.8 Å². The molecule has 0 aliphatic heterocycles. The minimum absolute atomic E-state index is 0.284. The van der Waals surface area contributed by atoms with E-state index in [1.54, 1.807) is 0 Å². The molecule has 0 aromatic heterocycles. The number of aliphatic hydroxyl groups is 1. The normalized spacial score (nSPS) is 46.9. The van der Waals surface area contributed by atoms with Crippen LogP contribution in [0.25, 0.3) is 0 Å². The first-order valence-electron chi connectivity index (χ1n) is 5.80. The predicted octanol–water partition coefficient (Wildman–Crippen LogP) is 1.77. The average Bonchev–Trinajstić information content (AvgIpc) is 2.55. The molecule has 2 nitrogen and oxygen atoms in total. The number of rotatable bonds is 2. The molecular formula is C12H23NO. The SMILES string of the molecule is CC12CCC(C1)C(C)(C)C2C(O)CN. The van der Waals surface area contributed by atoms with Crippen molar-refractivity contribution in [1.82, 2.24) is 0 Å². The zero-order chi connectivity index (χ0) is 10.6. The Bertz CT molecular complexity index is 234. The summed E-state index contributed by atoms with van der Waals surface area (Å²) in [5.41, 5.74) is 6.25. The molecule has 0 aromatic carbocycles. The molecular weight excluding hydrogens is 174 g/mol. The van der Waals surface area contributed by atoms with Crippen LogP contribution < -0.4 is 5.73 Å². The highest BCUT2D eigenvalue weighted by atomic mass is 16.3. The van der Waals surface area contributed by atoms with Crippen molar-refractivity contribution in [1.29, 1.82) is 0 Å². The predicted molar refractivity (Wildman–Crippen MR) is 57.8 cm³/mol. The highest BCUT2D eigenvalue weighted by molar-refractivity contribution is 5.10. The molecule has 2 rings (SSSR count). The second-order valence-electron chi connectivity index (χ2n) is 6.20. The highest BCUT2D eigenvalue weighted by Gasteiger charge is 2.60. The zero-order valence-electron chi connectivity index (χ0n) is 9.59. The van der Waals surface area contributed by atoms with Crippen molar-refractivity contribution in [3.05, 3.63) is 0 Å². The summed E-state index contributed by atoms with van der Waals surface area (Å²) in [4.78, 5) is 0. The van der Waals surface area contributed by atoms with E-state index in [0.717, 1.165) is 5.92 Å². The van der Waals surface area contributed by atoms with E-state index >= 15 is 0 Å². The molecule has 0 saturated heterocycles. The van der Waals surface area contributed by atoms with Gasteiger partial charge in [-0.05, 0) is 41.9 Å². The zero-order valence-corrected chi connectivity index (χ0v) is 9.59. The Hall–Kier alpha value is -0.0800. The average molecular weight is 197 g/mol. The van der Waals surface area contributed by atoms with Crippen LogP contribution in [-0.4, -0.2) is 17.8 Å². The van der Waals surface area contributed by atoms with Gasteiger partial charge in [-0.25, -0.2) is 0 Å². The Balaban J connectivity index is 2.30. The maximum absolute atomic E-state index is 10.1. The van der Waals surface area contributed by atoms with Gasteiger partial charge in [-0.2, -0.15) is 0 Å². The lowest BCUT2D eigenvalue weighted by Crippen LogP contribution is -2.45. The van der Waals surface area contributed by atoms with Gasteiger partial charge in [-0.1, -0.05) is 20.8 Å². The third kappa shape index (κ3) is 1.17. The van der Waals surface area contributed by atoms with Gasteiger partial charge in [0.1, 0.15) is 0 Å². The number of aliphatic hydroxyl groups excluding tert-OH is 1. The molecule has 0 heterocycles. The highest BCUT2D eigenvalue weighted by Crippen LogP contribution is 2.66. The summed E-state index contributed by atoms with van der Waals surface area (Å²) in [5, 5.41) is 10.1. The summed E-state index contributed by atoms with van der Waals surface area (Å²) < 4.78 is 0. The molecule has 4 unspecified atom stereocenters. The van der Waals surface area contributed by atoms with Crippen molar-refractivity contribution < 1.29 is 5.11 Å². The fourth-order valence-corrected chi connectivity index (χ4v) is 4.44. The fraction of sp³-hybridized carbons (Fsp3) is 1.00. The van der Waals surface area contributed by atoms with Crippen molar-refractivity contribution in [2.75, 3.05) is 6.54 Å². The van der Waals surface area contributed by atoms with E-state index in [1.807, 2.05) is 0 Å². The Morgan fingerprint density at radius 1 is 1.43 bits per heavy atom. The molecule has 0 aromatic rings. The van der Waals surface area contributed by atoms with Gasteiger partial charge in [-0.15, -0.1) is 0 Å². The summed E-state index contributed by atoms with van der Waals surface area (Å²) in [7, 11) is 0. The van der Waals surface area contributed by atoms with Crippen LogP contribution in [0.4, 0.5) is 0 Å². The second kappa shape index (κ2) is 2.96. The van der Waals surface area contributed by atoms with E-state index in [1.165, 1.54) is 19.3 Å². The Labute approximate surface area is 86.9 Å². The molecule has 82 valence electrons. The van der Waals surface area contributed by atoms with Crippen LogP contribution in [0.5, 0.6) is 0 Å². The summed E-state index contributed by atoms with van der Waals surface area (Å²) in [5.74, 6) is 1.21. The second-order valence-corrected chi connectivity index (χ2v) is 6.20. The summed E-state index contributed by atoms with van der Waals surface area (Å²) in [6.45, 7) is 7.37. The van der Waals surface area contributed by atoms with Gasteiger partial charge < -0.3 is 10.8 Å². The monoisotopic (exact) mass is 197 g/mol. The van der Waals surface area contributed by atoms with Crippen LogP contribution >= 0.6 is 0 Å². The van der Waals surface area contributed by atoms with E-state index < -0.39 is 0 Å². The van der Waals surface area contributed by atoms with Crippen molar-refractivity contribution in [2.45, 2.75) is 46.1 Å². The first kappa shape index (κ1) is 10.4. The van der Waals surface area contributed by atoms with Crippen LogP contribution in [0.3, 0.4) is 0 Å². The molecule has 2 aliphatic rings. The van der Waals surface area contributed by atoms with Crippen molar-refractivity contribution in [3.63, 3.8) is 0 Å². The van der Waals surface area contributed by atoms with Crippen LogP contribution in [0.1, 0.15) is 40.0 Å². The minimum atomic E-state index is -0.305. The lowest BCUT2D eigenvalue weighted by Gasteiger charge is -2.45. The van der Waals surface area contributed by atoms with E-state index in [4.69, 9.17) is 5.73 Å². The Morgan fingerprint density at radius 2 is 2.07 bits per heavy atom. The third-order valence-corrected chi connectivity index (χ3v) is 5.01. The summed E-state index contributed by atoms with van der Waals surface area (Å²) in [6, 6.07) is 0. The van der Waals surface area contributed by atoms with Crippen molar-refractivity contribution in [3.8, 4) is 0 Å². The Morgan fingerprint density at radius 3 is 2.50 bits per heavy atom. The van der Waals surface area contributed by atoms with E-state index in [9.17, 15) is 5.11 Å². The van der Waals surface area contributed by atoms with Crippen molar-refractivity contribution >= 4 is 0 Å². The molecule has 14 heavy (non-hydrogen) atoms. The fourth-order valence-electron chi connectivity index (χ4n) is 4.44. The molecule has 2 aliphatic carbocycles. The van der Waals surface area contributed by atoms with Gasteiger partial charge in [-0.3, -0.25) is 0 Å². The van der Waals surface area contributed by atoms with Gasteiger partial charge in [0.15, 0.2) is 0 Å². The van der Waals surface area contributed by atoms with Gasteiger partial charge in [0, 0.05) is 6.54 Å². The first-order valence-corrected chi connectivity index (χ1v) is 5.80. The number of hydrogen-bond acceptors (Lipinski definition) is 2. The molecule has 0 radical (unpaired) electrons. The molecule has 2 fully saturated rings. The molecule has 2 bridgehead atoms. The minimum Gasteiger partial charge on any atom is -0.391 e. The standard InChI is InChI=1S/C12H23NO/c1-11(2)8-4-5-12(3,6-8)10(11)9(14)7-13/h8-10,14H,4-7,13H2,1-3H3. The van der Waals surface area contributed by atoms with Crippen molar-refractivity contribution in [2.24, 2.45) is 28.4 Å². The number of fused-ring (bicyclic) bond motifs is 2. The summed E-state index contributed by atoms with van der Waals surface area (Å²) in [6.07, 6.45) is 3.61. The van der Waals surface area contributed by atoms with Crippen LogP contribution in [-0.2, 0) is 0 Å². The van der Waals surface area contributed by atoms with Crippen LogP contribution in [0, 0.1) is 22.7 Å². The molecule has 3 N–H and O–H groups in total. The maximum atomic E-state index is 10.1. The smallest absolute Gasteiger partial charge is 0.0700 e.